The molecular weight excluding hydrogens is 180 g/mol. The fourth-order valence-corrected chi connectivity index (χ4v) is 1.36. The maximum atomic E-state index is 2.00. The number of hydrogen-bond acceptors (Lipinski definition) is 6. The van der Waals surface area contributed by atoms with E-state index in [9.17, 15) is 0 Å². The lowest BCUT2D eigenvalue weighted by Crippen LogP contribution is -2.64. The molecule has 0 bridgehead atoms. The lowest BCUT2D eigenvalue weighted by molar-refractivity contribution is -0.402. The molecule has 0 fully saturated rings. The second-order valence-corrected chi connectivity index (χ2v) is 3.93. The summed E-state index contributed by atoms with van der Waals surface area (Å²) in [7, 11) is 16.0. The van der Waals surface area contributed by atoms with Crippen molar-refractivity contribution < 1.29 is 0 Å². The standard InChI is InChI=1S/C8H24N6/c1-9(2)13(10(3)4)14(11(5)6)12(7)8/h1-8H3. The highest BCUT2D eigenvalue weighted by Gasteiger charge is 2.23. The second kappa shape index (κ2) is 5.59. The predicted octanol–water partition coefficient (Wildman–Crippen LogP) is -0.588. The quantitative estimate of drug-likeness (QED) is 0.554. The van der Waals surface area contributed by atoms with Crippen LogP contribution in [0.1, 0.15) is 0 Å². The molecule has 0 aromatic rings. The van der Waals surface area contributed by atoms with Crippen molar-refractivity contribution >= 4 is 0 Å². The number of nitrogens with zero attached hydrogens (tertiary/aromatic N) is 6. The lowest BCUT2D eigenvalue weighted by atomic mass is 11.0. The van der Waals surface area contributed by atoms with Gasteiger partial charge in [0.25, 0.3) is 0 Å². The largest absolute Gasteiger partial charge is 0.217 e. The summed E-state index contributed by atoms with van der Waals surface area (Å²) in [5.74, 6) is 0. The Hall–Kier alpha value is -0.240. The van der Waals surface area contributed by atoms with Crippen LogP contribution in [0.4, 0.5) is 0 Å². The molecule has 0 saturated heterocycles. The molecule has 0 aliphatic rings. The molecule has 0 spiro atoms. The molecule has 0 aromatic carbocycles. The Kier molecular flexibility index (Phi) is 5.50. The normalized spacial score (nSPS) is 13.3. The van der Waals surface area contributed by atoms with Gasteiger partial charge >= 0.3 is 0 Å². The van der Waals surface area contributed by atoms with Gasteiger partial charge in [0.05, 0.1) is 0 Å². The third kappa shape index (κ3) is 3.49. The Balaban J connectivity index is 4.74. The Morgan fingerprint density at radius 3 is 0.571 bits per heavy atom. The van der Waals surface area contributed by atoms with Gasteiger partial charge in [-0.15, -0.1) is 0 Å². The van der Waals surface area contributed by atoms with E-state index < -0.39 is 0 Å². The third-order valence-corrected chi connectivity index (χ3v) is 1.59. The zero-order chi connectivity index (χ0) is 11.5. The maximum absolute atomic E-state index is 2.00. The predicted molar refractivity (Wildman–Crippen MR) is 58.4 cm³/mol. The van der Waals surface area contributed by atoms with Crippen molar-refractivity contribution in [3.63, 3.8) is 0 Å². The first kappa shape index (κ1) is 13.8. The average molecular weight is 204 g/mol. The van der Waals surface area contributed by atoms with Gasteiger partial charge < -0.3 is 0 Å². The summed E-state index contributed by atoms with van der Waals surface area (Å²) in [6, 6.07) is 0. The van der Waals surface area contributed by atoms with Gasteiger partial charge in [-0.25, -0.2) is 20.0 Å². The monoisotopic (exact) mass is 204 g/mol. The van der Waals surface area contributed by atoms with E-state index in [1.54, 1.807) is 0 Å². The zero-order valence-electron chi connectivity index (χ0n) is 10.7. The van der Waals surface area contributed by atoms with Gasteiger partial charge in [-0.3, -0.25) is 0 Å². The Morgan fingerprint density at radius 1 is 0.357 bits per heavy atom. The topological polar surface area (TPSA) is 19.4 Å². The fourth-order valence-electron chi connectivity index (χ4n) is 1.36. The zero-order valence-corrected chi connectivity index (χ0v) is 10.7. The van der Waals surface area contributed by atoms with E-state index in [1.165, 1.54) is 0 Å². The average Bonchev–Trinajstić information content (AvgIpc) is 1.96. The molecule has 86 valence electrons. The summed E-state index contributed by atoms with van der Waals surface area (Å²) in [4.78, 5) is 0. The fraction of sp³-hybridized carbons (Fsp3) is 1.00. The summed E-state index contributed by atoms with van der Waals surface area (Å²) in [5.41, 5.74) is 0. The molecule has 0 aromatic heterocycles. The lowest BCUT2D eigenvalue weighted by Gasteiger charge is -2.46. The van der Waals surface area contributed by atoms with Crippen molar-refractivity contribution in [2.75, 3.05) is 56.4 Å². The highest BCUT2D eigenvalue weighted by molar-refractivity contribution is 4.38. The highest BCUT2D eigenvalue weighted by Crippen LogP contribution is 2.05. The highest BCUT2D eigenvalue weighted by atomic mass is 16.2. The van der Waals surface area contributed by atoms with Crippen LogP contribution in [0.3, 0.4) is 0 Å². The van der Waals surface area contributed by atoms with E-state index in [4.69, 9.17) is 0 Å². The summed E-state index contributed by atoms with van der Waals surface area (Å²) in [5, 5.41) is 12.0. The number of hydrogen-bond donors (Lipinski definition) is 0. The van der Waals surface area contributed by atoms with Crippen molar-refractivity contribution in [3.05, 3.63) is 0 Å². The van der Waals surface area contributed by atoms with Gasteiger partial charge in [-0.1, -0.05) is 10.5 Å². The molecule has 6 nitrogen and oxygen atoms in total. The van der Waals surface area contributed by atoms with E-state index in [2.05, 4.69) is 0 Å². The van der Waals surface area contributed by atoms with Crippen LogP contribution in [0.2, 0.25) is 0 Å². The van der Waals surface area contributed by atoms with Crippen LogP contribution < -0.4 is 0 Å². The van der Waals surface area contributed by atoms with Crippen LogP contribution in [-0.2, 0) is 0 Å². The molecule has 0 rings (SSSR count). The van der Waals surface area contributed by atoms with E-state index >= 15 is 0 Å². The van der Waals surface area contributed by atoms with Crippen molar-refractivity contribution in [1.29, 1.82) is 0 Å². The number of rotatable bonds is 5. The van der Waals surface area contributed by atoms with Crippen LogP contribution in [0.5, 0.6) is 0 Å². The van der Waals surface area contributed by atoms with E-state index in [1.807, 2.05) is 86.9 Å². The molecule has 0 saturated carbocycles. The van der Waals surface area contributed by atoms with Crippen molar-refractivity contribution in [2.45, 2.75) is 0 Å². The van der Waals surface area contributed by atoms with Crippen LogP contribution in [0.25, 0.3) is 0 Å². The minimum atomic E-state index is 2.00. The molecule has 0 atom stereocenters. The first-order valence-electron chi connectivity index (χ1n) is 4.58. The van der Waals surface area contributed by atoms with Crippen LogP contribution in [0.15, 0.2) is 0 Å². The molecule has 0 N–H and O–H groups in total. The van der Waals surface area contributed by atoms with Gasteiger partial charge in [0, 0.05) is 56.4 Å². The summed E-state index contributed by atoms with van der Waals surface area (Å²) >= 11 is 0. The van der Waals surface area contributed by atoms with Crippen LogP contribution in [-0.4, -0.2) is 86.9 Å². The molecule has 0 radical (unpaired) electrons. The summed E-state index contributed by atoms with van der Waals surface area (Å²) < 4.78 is 0. The Bertz CT molecular complexity index is 122. The minimum absolute atomic E-state index is 2.00. The molecular formula is C8H24N6. The summed E-state index contributed by atoms with van der Waals surface area (Å²) in [6.07, 6.45) is 0. The molecule has 0 amide bonds. The molecule has 0 aliphatic carbocycles. The molecule has 0 unspecified atom stereocenters. The second-order valence-electron chi connectivity index (χ2n) is 3.93. The molecule has 0 aliphatic heterocycles. The van der Waals surface area contributed by atoms with Crippen molar-refractivity contribution in [3.8, 4) is 0 Å². The van der Waals surface area contributed by atoms with Gasteiger partial charge in [-0.05, 0) is 0 Å². The first-order chi connectivity index (χ1) is 6.29. The van der Waals surface area contributed by atoms with E-state index in [-0.39, 0.29) is 0 Å². The molecule has 6 heteroatoms. The van der Waals surface area contributed by atoms with Crippen molar-refractivity contribution in [2.24, 2.45) is 0 Å². The van der Waals surface area contributed by atoms with Crippen LogP contribution >= 0.6 is 0 Å². The SMILES string of the molecule is CN(C)N(N(C)C)N(N(C)C)N(C)C. The van der Waals surface area contributed by atoms with Crippen molar-refractivity contribution in [1.82, 2.24) is 30.5 Å². The van der Waals surface area contributed by atoms with Gasteiger partial charge in [0.15, 0.2) is 0 Å². The Labute approximate surface area is 87.7 Å². The summed E-state index contributed by atoms with van der Waals surface area (Å²) in [6.45, 7) is 0. The smallest absolute Gasteiger partial charge is 0.00437 e. The third-order valence-electron chi connectivity index (χ3n) is 1.59. The van der Waals surface area contributed by atoms with Gasteiger partial charge in [-0.2, -0.15) is 0 Å². The van der Waals surface area contributed by atoms with Gasteiger partial charge in [0.2, 0.25) is 0 Å². The molecule has 14 heavy (non-hydrogen) atoms. The van der Waals surface area contributed by atoms with Gasteiger partial charge in [0.1, 0.15) is 0 Å². The number of hydrazine groups is 5. The Morgan fingerprint density at radius 2 is 0.500 bits per heavy atom. The minimum Gasteiger partial charge on any atom is -0.217 e. The first-order valence-corrected chi connectivity index (χ1v) is 4.58. The molecule has 0 heterocycles. The van der Waals surface area contributed by atoms with E-state index in [0.717, 1.165) is 0 Å². The maximum Gasteiger partial charge on any atom is 0.00437 e. The van der Waals surface area contributed by atoms with Crippen LogP contribution in [0, 0.1) is 0 Å². The van der Waals surface area contributed by atoms with E-state index in [0.29, 0.717) is 0 Å².